The van der Waals surface area contributed by atoms with Gasteiger partial charge in [0.25, 0.3) is 0 Å². The van der Waals surface area contributed by atoms with Crippen LogP contribution in [-0.4, -0.2) is 50.6 Å². The summed E-state index contributed by atoms with van der Waals surface area (Å²) in [7, 11) is 0. The van der Waals surface area contributed by atoms with Crippen LogP contribution in [0.4, 0.5) is 0 Å². The van der Waals surface area contributed by atoms with E-state index in [-0.39, 0.29) is 12.2 Å². The minimum atomic E-state index is -1.16. The highest BCUT2D eigenvalue weighted by atomic mass is 32.2. The Morgan fingerprint density at radius 2 is 2.12 bits per heavy atom. The number of para-hydroxylation sites is 1. The zero-order valence-corrected chi connectivity index (χ0v) is 14.1. The molecule has 0 bridgehead atoms. The lowest BCUT2D eigenvalue weighted by Gasteiger charge is -2.18. The number of carbonyl (C=O) groups excluding carboxylic acids is 1. The summed E-state index contributed by atoms with van der Waals surface area (Å²) in [6, 6.07) is 5.72. The third-order valence-corrected chi connectivity index (χ3v) is 4.57. The first kappa shape index (κ1) is 18.3. The highest BCUT2D eigenvalue weighted by Crippen LogP contribution is 2.18. The molecule has 0 aliphatic rings. The molecule has 8 heteroatoms. The average Bonchev–Trinajstić information content (AvgIpc) is 2.94. The van der Waals surface area contributed by atoms with Crippen molar-refractivity contribution in [3.63, 3.8) is 0 Å². The van der Waals surface area contributed by atoms with Crippen molar-refractivity contribution >= 4 is 34.0 Å². The number of aliphatic carboxylic acids is 1. The van der Waals surface area contributed by atoms with Crippen molar-refractivity contribution in [2.75, 3.05) is 12.0 Å². The van der Waals surface area contributed by atoms with E-state index in [0.717, 1.165) is 16.5 Å². The van der Waals surface area contributed by atoms with Crippen molar-refractivity contribution in [2.24, 2.45) is 5.73 Å². The lowest BCUT2D eigenvalue weighted by atomic mass is 10.0. The van der Waals surface area contributed by atoms with Gasteiger partial charge in [0.15, 0.2) is 0 Å². The van der Waals surface area contributed by atoms with Gasteiger partial charge in [-0.1, -0.05) is 29.4 Å². The smallest absolute Gasteiger partial charge is 0.326 e. The van der Waals surface area contributed by atoms with Crippen LogP contribution in [0.3, 0.4) is 0 Å². The minimum Gasteiger partial charge on any atom is -0.617 e. The highest BCUT2D eigenvalue weighted by Gasteiger charge is 2.25. The van der Waals surface area contributed by atoms with Gasteiger partial charge in [0.2, 0.25) is 5.91 Å². The summed E-state index contributed by atoms with van der Waals surface area (Å²) in [4.78, 5) is 26.5. The average molecular weight is 351 g/mol. The number of fused-ring (bicyclic) bond motifs is 1. The van der Waals surface area contributed by atoms with E-state index < -0.39 is 35.1 Å². The Kier molecular flexibility index (Phi) is 6.24. The van der Waals surface area contributed by atoms with Crippen LogP contribution in [-0.2, 0) is 27.2 Å². The first-order valence-electron chi connectivity index (χ1n) is 7.52. The summed E-state index contributed by atoms with van der Waals surface area (Å²) in [6.45, 7) is 0. The second-order valence-corrected chi connectivity index (χ2v) is 7.19. The van der Waals surface area contributed by atoms with Crippen LogP contribution in [0.5, 0.6) is 0 Å². The fourth-order valence-corrected chi connectivity index (χ4v) is 3.02. The molecule has 2 aromatic rings. The number of aromatic amines is 1. The Balaban J connectivity index is 1.99. The fraction of sp³-hybridized carbons (Fsp3) is 0.375. The van der Waals surface area contributed by atoms with Crippen LogP contribution < -0.4 is 11.1 Å². The predicted octanol–water partition coefficient (Wildman–Crippen LogP) is 0.376. The van der Waals surface area contributed by atoms with Crippen LogP contribution in [0.1, 0.15) is 12.0 Å². The summed E-state index contributed by atoms with van der Waals surface area (Å²) in [5.74, 6) is -1.49. The molecular formula is C16H21N3O4S. The molecule has 0 radical (unpaired) electrons. The van der Waals surface area contributed by atoms with Crippen LogP contribution in [0.2, 0.25) is 0 Å². The maximum Gasteiger partial charge on any atom is 0.326 e. The molecule has 3 atom stereocenters. The number of H-pyrrole nitrogens is 1. The molecule has 1 aromatic carbocycles. The molecule has 1 amide bonds. The van der Waals surface area contributed by atoms with Gasteiger partial charge in [0.1, 0.15) is 11.8 Å². The number of aromatic nitrogens is 1. The van der Waals surface area contributed by atoms with Crippen molar-refractivity contribution in [2.45, 2.75) is 24.9 Å². The number of nitrogens with one attached hydrogen (secondary N) is 2. The molecule has 2 rings (SSSR count). The molecular weight excluding hydrogens is 330 g/mol. The van der Waals surface area contributed by atoms with Crippen LogP contribution in [0, 0.1) is 0 Å². The molecule has 0 fully saturated rings. The second-order valence-electron chi connectivity index (χ2n) is 5.64. The maximum absolute atomic E-state index is 12.2. The third-order valence-electron chi connectivity index (χ3n) is 3.76. The van der Waals surface area contributed by atoms with Crippen molar-refractivity contribution < 1.29 is 19.2 Å². The molecule has 1 heterocycles. The van der Waals surface area contributed by atoms with Gasteiger partial charge in [-0.2, -0.15) is 0 Å². The highest BCUT2D eigenvalue weighted by molar-refractivity contribution is 7.90. The Hall–Kier alpha value is -2.03. The van der Waals surface area contributed by atoms with Crippen LogP contribution >= 0.6 is 0 Å². The van der Waals surface area contributed by atoms with E-state index in [2.05, 4.69) is 10.3 Å². The number of benzene rings is 1. The van der Waals surface area contributed by atoms with Crippen molar-refractivity contribution in [1.29, 1.82) is 0 Å². The Labute approximate surface area is 142 Å². The number of rotatable bonds is 8. The van der Waals surface area contributed by atoms with Gasteiger partial charge >= 0.3 is 5.97 Å². The van der Waals surface area contributed by atoms with Gasteiger partial charge in [-0.05, 0) is 18.1 Å². The van der Waals surface area contributed by atoms with Gasteiger partial charge in [0.05, 0.1) is 12.3 Å². The molecule has 0 spiro atoms. The SMILES string of the molecule is C[S+]([O-])CCC(NC(=O)C(N)Cc1c[nH]c2ccccc12)C(=O)O. The monoisotopic (exact) mass is 351 g/mol. The Morgan fingerprint density at radius 3 is 2.79 bits per heavy atom. The van der Waals surface area contributed by atoms with Crippen LogP contribution in [0.25, 0.3) is 10.9 Å². The van der Waals surface area contributed by atoms with Gasteiger partial charge in [-0.15, -0.1) is 0 Å². The number of carboxylic acids is 1. The van der Waals surface area contributed by atoms with Crippen molar-refractivity contribution in [3.8, 4) is 0 Å². The molecule has 1 aromatic heterocycles. The zero-order chi connectivity index (χ0) is 17.7. The molecule has 7 nitrogen and oxygen atoms in total. The number of carbonyl (C=O) groups is 2. The maximum atomic E-state index is 12.2. The quantitative estimate of drug-likeness (QED) is 0.511. The molecule has 0 saturated heterocycles. The first-order valence-corrected chi connectivity index (χ1v) is 9.25. The minimum absolute atomic E-state index is 0.101. The van der Waals surface area contributed by atoms with E-state index in [1.54, 1.807) is 6.20 Å². The predicted molar refractivity (Wildman–Crippen MR) is 93.1 cm³/mol. The van der Waals surface area contributed by atoms with E-state index >= 15 is 0 Å². The summed E-state index contributed by atoms with van der Waals surface area (Å²) in [5.41, 5.74) is 7.78. The number of nitrogens with two attached hydrogens (primary N) is 1. The van der Waals surface area contributed by atoms with Gasteiger partial charge in [0, 0.05) is 23.5 Å². The van der Waals surface area contributed by atoms with E-state index in [4.69, 9.17) is 10.8 Å². The number of hydrogen-bond acceptors (Lipinski definition) is 4. The molecule has 130 valence electrons. The normalized spacial score (nSPS) is 15.0. The number of hydrogen-bond donors (Lipinski definition) is 4. The molecule has 0 saturated carbocycles. The lowest BCUT2D eigenvalue weighted by Crippen LogP contribution is -2.49. The Bertz CT molecular complexity index is 716. The lowest BCUT2D eigenvalue weighted by molar-refractivity contribution is -0.142. The molecule has 3 unspecified atom stereocenters. The first-order chi connectivity index (χ1) is 11.4. The van der Waals surface area contributed by atoms with Gasteiger partial charge in [-0.3, -0.25) is 4.79 Å². The summed E-state index contributed by atoms with van der Waals surface area (Å²) in [5, 5.41) is 12.6. The van der Waals surface area contributed by atoms with Crippen LogP contribution in [0.15, 0.2) is 30.5 Å². The number of carboxylic acid groups (broad SMARTS) is 1. The van der Waals surface area contributed by atoms with E-state index in [0.29, 0.717) is 6.42 Å². The molecule has 5 N–H and O–H groups in total. The Morgan fingerprint density at radius 1 is 1.42 bits per heavy atom. The summed E-state index contributed by atoms with van der Waals surface area (Å²) >= 11 is -1.12. The largest absolute Gasteiger partial charge is 0.617 e. The standard InChI is InChI=1S/C16H21N3O4S/c1-24(23)7-6-14(16(21)22)19-15(20)12(17)8-10-9-18-13-5-3-2-4-11(10)13/h2-5,9,12,14,18H,6-8,17H2,1H3,(H,19,20)(H,21,22). The van der Waals surface area contributed by atoms with E-state index in [1.807, 2.05) is 24.3 Å². The summed E-state index contributed by atoms with van der Waals surface area (Å²) < 4.78 is 11.1. The van der Waals surface area contributed by atoms with Gasteiger partial charge < -0.3 is 25.7 Å². The van der Waals surface area contributed by atoms with E-state index in [9.17, 15) is 14.1 Å². The number of amides is 1. The zero-order valence-electron chi connectivity index (χ0n) is 13.3. The second kappa shape index (κ2) is 8.18. The molecule has 0 aliphatic carbocycles. The third kappa shape index (κ3) is 4.73. The topological polar surface area (TPSA) is 131 Å². The van der Waals surface area contributed by atoms with Gasteiger partial charge in [-0.25, -0.2) is 4.79 Å². The molecule has 0 aliphatic heterocycles. The fourth-order valence-electron chi connectivity index (χ4n) is 2.45. The van der Waals surface area contributed by atoms with Crippen molar-refractivity contribution in [3.05, 3.63) is 36.0 Å². The van der Waals surface area contributed by atoms with E-state index in [1.165, 1.54) is 6.26 Å². The van der Waals surface area contributed by atoms with Crippen molar-refractivity contribution in [1.82, 2.24) is 10.3 Å². The summed E-state index contributed by atoms with van der Waals surface area (Å²) in [6.07, 6.45) is 3.68. The molecule has 24 heavy (non-hydrogen) atoms.